The van der Waals surface area contributed by atoms with E-state index in [1.807, 2.05) is 0 Å². The fourth-order valence-electron chi connectivity index (χ4n) is 3.81. The van der Waals surface area contributed by atoms with Crippen molar-refractivity contribution in [3.63, 3.8) is 0 Å². The van der Waals surface area contributed by atoms with Crippen molar-refractivity contribution in [2.24, 2.45) is 5.92 Å². The van der Waals surface area contributed by atoms with Crippen LogP contribution >= 0.6 is 0 Å². The van der Waals surface area contributed by atoms with Crippen LogP contribution in [0.15, 0.2) is 0 Å². The number of nitrogens with zero attached hydrogens (tertiary/aromatic N) is 1. The molecule has 0 aromatic heterocycles. The zero-order valence-electron chi connectivity index (χ0n) is 12.2. The van der Waals surface area contributed by atoms with Gasteiger partial charge < -0.3 is 10.1 Å². The summed E-state index contributed by atoms with van der Waals surface area (Å²) in [5, 5.41) is 3.51. The van der Waals surface area contributed by atoms with E-state index in [2.05, 4.69) is 17.1 Å². The van der Waals surface area contributed by atoms with Crippen LogP contribution < -0.4 is 5.32 Å². The van der Waals surface area contributed by atoms with Gasteiger partial charge in [-0.05, 0) is 45.1 Å². The Balaban J connectivity index is 1.78. The number of methoxy groups -OCH3 is 1. The number of likely N-dealkylation sites (tertiary alicyclic amines) is 1. The van der Waals surface area contributed by atoms with E-state index in [1.165, 1.54) is 45.1 Å². The standard InChI is InChI=1S/C15H30N2O/c1-13(12-16-9-11-18-2)17-10-5-7-14-6-3-4-8-15(14)17/h13-16H,3-12H2,1-2H3/t13?,14-,15-/m1/s1. The molecule has 1 unspecified atom stereocenters. The van der Waals surface area contributed by atoms with E-state index in [4.69, 9.17) is 4.74 Å². The maximum atomic E-state index is 5.08. The lowest BCUT2D eigenvalue weighted by atomic mass is 9.78. The van der Waals surface area contributed by atoms with Gasteiger partial charge in [-0.3, -0.25) is 4.90 Å². The number of nitrogens with one attached hydrogen (secondary N) is 1. The third-order valence-corrected chi connectivity index (χ3v) is 4.78. The molecule has 0 aromatic rings. The SMILES string of the molecule is COCCNCC(C)N1CCC[C@H]2CCCC[C@H]21. The summed E-state index contributed by atoms with van der Waals surface area (Å²) in [6, 6.07) is 1.56. The largest absolute Gasteiger partial charge is 0.383 e. The molecule has 1 aliphatic carbocycles. The lowest BCUT2D eigenvalue weighted by Crippen LogP contribution is -2.53. The van der Waals surface area contributed by atoms with Crippen LogP contribution in [-0.2, 0) is 4.74 Å². The molecule has 1 heterocycles. The highest BCUT2D eigenvalue weighted by Crippen LogP contribution is 2.35. The molecule has 1 N–H and O–H groups in total. The fourth-order valence-corrected chi connectivity index (χ4v) is 3.81. The monoisotopic (exact) mass is 254 g/mol. The van der Waals surface area contributed by atoms with Crippen LogP contribution in [0.5, 0.6) is 0 Å². The number of piperidine rings is 1. The summed E-state index contributed by atoms with van der Waals surface area (Å²) in [7, 11) is 1.77. The predicted molar refractivity (Wildman–Crippen MR) is 75.9 cm³/mol. The molecule has 3 atom stereocenters. The summed E-state index contributed by atoms with van der Waals surface area (Å²) < 4.78 is 5.08. The minimum absolute atomic E-state index is 0.674. The van der Waals surface area contributed by atoms with Crippen molar-refractivity contribution in [3.8, 4) is 0 Å². The van der Waals surface area contributed by atoms with Gasteiger partial charge in [0.2, 0.25) is 0 Å². The van der Waals surface area contributed by atoms with Crippen LogP contribution in [0.4, 0.5) is 0 Å². The summed E-state index contributed by atoms with van der Waals surface area (Å²) >= 11 is 0. The lowest BCUT2D eigenvalue weighted by molar-refractivity contribution is 0.0311. The van der Waals surface area contributed by atoms with E-state index in [9.17, 15) is 0 Å². The molecule has 1 saturated carbocycles. The zero-order valence-corrected chi connectivity index (χ0v) is 12.2. The Labute approximate surface area is 112 Å². The Morgan fingerprint density at radius 3 is 2.83 bits per heavy atom. The maximum Gasteiger partial charge on any atom is 0.0587 e. The van der Waals surface area contributed by atoms with Gasteiger partial charge in [0.1, 0.15) is 0 Å². The first-order chi connectivity index (χ1) is 8.83. The van der Waals surface area contributed by atoms with Crippen LogP contribution in [0.1, 0.15) is 45.4 Å². The van der Waals surface area contributed by atoms with Crippen molar-refractivity contribution >= 4 is 0 Å². The van der Waals surface area contributed by atoms with E-state index >= 15 is 0 Å². The molecule has 2 aliphatic rings. The van der Waals surface area contributed by atoms with Gasteiger partial charge in [-0.15, -0.1) is 0 Å². The highest BCUT2D eigenvalue weighted by Gasteiger charge is 2.34. The summed E-state index contributed by atoms with van der Waals surface area (Å²) in [4.78, 5) is 2.78. The molecule has 0 spiro atoms. The second-order valence-corrected chi connectivity index (χ2v) is 6.04. The van der Waals surface area contributed by atoms with Crippen LogP contribution in [0, 0.1) is 5.92 Å². The summed E-state index contributed by atoms with van der Waals surface area (Å²) in [6.45, 7) is 6.60. The maximum absolute atomic E-state index is 5.08. The Kier molecular flexibility index (Phi) is 5.93. The molecule has 3 heteroatoms. The van der Waals surface area contributed by atoms with Gasteiger partial charge in [-0.1, -0.05) is 12.8 Å². The first kappa shape index (κ1) is 14.3. The van der Waals surface area contributed by atoms with Crippen molar-refractivity contribution in [2.45, 2.75) is 57.5 Å². The number of rotatable bonds is 6. The minimum atomic E-state index is 0.674. The molecule has 2 rings (SSSR count). The molecule has 18 heavy (non-hydrogen) atoms. The van der Waals surface area contributed by atoms with Crippen molar-refractivity contribution in [2.75, 3.05) is 33.4 Å². The van der Waals surface area contributed by atoms with Gasteiger partial charge in [0.25, 0.3) is 0 Å². The Hall–Kier alpha value is -0.120. The molecule has 106 valence electrons. The number of hydrogen-bond donors (Lipinski definition) is 1. The summed E-state index contributed by atoms with van der Waals surface area (Å²) in [6.07, 6.45) is 8.71. The molecule has 2 fully saturated rings. The molecule has 0 bridgehead atoms. The van der Waals surface area contributed by atoms with E-state index < -0.39 is 0 Å². The molecule has 3 nitrogen and oxygen atoms in total. The Morgan fingerprint density at radius 1 is 1.22 bits per heavy atom. The van der Waals surface area contributed by atoms with Crippen molar-refractivity contribution in [1.82, 2.24) is 10.2 Å². The van der Waals surface area contributed by atoms with Crippen LogP contribution in [0.25, 0.3) is 0 Å². The van der Waals surface area contributed by atoms with E-state index in [0.717, 1.165) is 31.7 Å². The Bertz CT molecular complexity index is 233. The fraction of sp³-hybridized carbons (Fsp3) is 1.00. The van der Waals surface area contributed by atoms with Crippen LogP contribution in [-0.4, -0.2) is 50.3 Å². The summed E-state index contributed by atoms with van der Waals surface area (Å²) in [5.74, 6) is 0.994. The van der Waals surface area contributed by atoms with Gasteiger partial charge >= 0.3 is 0 Å². The normalized spacial score (nSPS) is 31.0. The third-order valence-electron chi connectivity index (χ3n) is 4.78. The Morgan fingerprint density at radius 2 is 2.00 bits per heavy atom. The minimum Gasteiger partial charge on any atom is -0.383 e. The van der Waals surface area contributed by atoms with Gasteiger partial charge in [0.05, 0.1) is 6.61 Å². The zero-order chi connectivity index (χ0) is 12.8. The molecule has 1 saturated heterocycles. The lowest BCUT2D eigenvalue weighted by Gasteiger charge is -2.47. The molecule has 0 radical (unpaired) electrons. The van der Waals surface area contributed by atoms with Crippen molar-refractivity contribution in [1.29, 1.82) is 0 Å². The molecule has 1 aliphatic heterocycles. The second-order valence-electron chi connectivity index (χ2n) is 6.04. The van der Waals surface area contributed by atoms with E-state index in [-0.39, 0.29) is 0 Å². The third kappa shape index (κ3) is 3.69. The molecule has 0 amide bonds. The van der Waals surface area contributed by atoms with Crippen molar-refractivity contribution in [3.05, 3.63) is 0 Å². The molecular weight excluding hydrogens is 224 g/mol. The van der Waals surface area contributed by atoms with Gasteiger partial charge in [-0.2, -0.15) is 0 Å². The highest BCUT2D eigenvalue weighted by molar-refractivity contribution is 4.89. The van der Waals surface area contributed by atoms with E-state index in [1.54, 1.807) is 7.11 Å². The number of ether oxygens (including phenoxy) is 1. The van der Waals surface area contributed by atoms with E-state index in [0.29, 0.717) is 6.04 Å². The number of hydrogen-bond acceptors (Lipinski definition) is 3. The molecule has 0 aromatic carbocycles. The average Bonchev–Trinajstić information content (AvgIpc) is 2.43. The average molecular weight is 254 g/mol. The van der Waals surface area contributed by atoms with Gasteiger partial charge in [0, 0.05) is 32.3 Å². The second kappa shape index (κ2) is 7.46. The van der Waals surface area contributed by atoms with Crippen LogP contribution in [0.2, 0.25) is 0 Å². The first-order valence-electron chi connectivity index (χ1n) is 7.78. The van der Waals surface area contributed by atoms with Crippen molar-refractivity contribution < 1.29 is 4.74 Å². The van der Waals surface area contributed by atoms with Gasteiger partial charge in [-0.25, -0.2) is 0 Å². The predicted octanol–water partition coefficient (Wildman–Crippen LogP) is 2.27. The van der Waals surface area contributed by atoms with Gasteiger partial charge in [0.15, 0.2) is 0 Å². The van der Waals surface area contributed by atoms with Crippen LogP contribution in [0.3, 0.4) is 0 Å². The topological polar surface area (TPSA) is 24.5 Å². The smallest absolute Gasteiger partial charge is 0.0587 e. The highest BCUT2D eigenvalue weighted by atomic mass is 16.5. The quantitative estimate of drug-likeness (QED) is 0.736. The first-order valence-corrected chi connectivity index (χ1v) is 7.78. The number of fused-ring (bicyclic) bond motifs is 1. The summed E-state index contributed by atoms with van der Waals surface area (Å²) in [5.41, 5.74) is 0. The molecular formula is C15H30N2O.